The van der Waals surface area contributed by atoms with E-state index in [2.05, 4.69) is 5.32 Å². The highest BCUT2D eigenvalue weighted by atomic mass is 16.7. The summed E-state index contributed by atoms with van der Waals surface area (Å²) in [6.07, 6.45) is -7.86. The van der Waals surface area contributed by atoms with E-state index in [1.807, 2.05) is 30.3 Å². The van der Waals surface area contributed by atoms with Gasteiger partial charge in [-0.15, -0.1) is 0 Å². The van der Waals surface area contributed by atoms with E-state index in [1.54, 1.807) is 48.5 Å². The molecule has 0 aromatic heterocycles. The van der Waals surface area contributed by atoms with Gasteiger partial charge in [0.05, 0.1) is 17.7 Å². The van der Waals surface area contributed by atoms with Crippen molar-refractivity contribution in [2.75, 3.05) is 19.8 Å². The Morgan fingerprint density at radius 1 is 0.756 bits per heavy atom. The van der Waals surface area contributed by atoms with Crippen LogP contribution in [0.1, 0.15) is 26.3 Å². The van der Waals surface area contributed by atoms with Gasteiger partial charge in [0.15, 0.2) is 12.4 Å². The average Bonchev–Trinajstić information content (AvgIpc) is 3.01. The molecule has 1 saturated heterocycles. The van der Waals surface area contributed by atoms with Gasteiger partial charge in [0, 0.05) is 6.54 Å². The molecule has 0 spiro atoms. The molecule has 5 atom stereocenters. The van der Waals surface area contributed by atoms with Crippen molar-refractivity contribution >= 4 is 18.0 Å². The molecule has 11 heteroatoms. The molecule has 1 aliphatic rings. The fourth-order valence-corrected chi connectivity index (χ4v) is 4.00. The van der Waals surface area contributed by atoms with Gasteiger partial charge >= 0.3 is 18.0 Å². The molecule has 0 saturated carbocycles. The molecule has 0 radical (unpaired) electrons. The fraction of sp³-hybridized carbons (Fsp3) is 0.300. The Morgan fingerprint density at radius 2 is 1.34 bits per heavy atom. The van der Waals surface area contributed by atoms with Gasteiger partial charge < -0.3 is 39.2 Å². The Hall–Kier alpha value is -4.29. The Labute approximate surface area is 236 Å². The fourth-order valence-electron chi connectivity index (χ4n) is 4.00. The number of carbonyl (C=O) groups excluding carboxylic acids is 3. The van der Waals surface area contributed by atoms with Gasteiger partial charge in [-0.05, 0) is 29.8 Å². The molecule has 216 valence electrons. The highest BCUT2D eigenvalue weighted by molar-refractivity contribution is 5.89. The third-order valence-corrected chi connectivity index (χ3v) is 6.15. The topological polar surface area (TPSA) is 150 Å². The highest BCUT2D eigenvalue weighted by Gasteiger charge is 2.48. The number of benzene rings is 3. The number of hydrogen-bond acceptors (Lipinski definition) is 10. The molecule has 41 heavy (non-hydrogen) atoms. The lowest BCUT2D eigenvalue weighted by Gasteiger charge is -2.41. The Bertz CT molecular complexity index is 1260. The zero-order valence-corrected chi connectivity index (χ0v) is 22.0. The number of amides is 1. The zero-order chi connectivity index (χ0) is 29.0. The number of carbonyl (C=O) groups is 3. The summed E-state index contributed by atoms with van der Waals surface area (Å²) >= 11 is 0. The molecule has 0 bridgehead atoms. The van der Waals surface area contributed by atoms with Crippen LogP contribution < -0.4 is 5.32 Å². The van der Waals surface area contributed by atoms with E-state index < -0.39 is 55.3 Å². The van der Waals surface area contributed by atoms with Crippen molar-refractivity contribution in [2.45, 2.75) is 37.3 Å². The predicted octanol–water partition coefficient (Wildman–Crippen LogP) is 2.46. The number of aliphatic hydroxyl groups excluding tert-OH is 2. The third kappa shape index (κ3) is 8.60. The molecule has 0 aliphatic carbocycles. The summed E-state index contributed by atoms with van der Waals surface area (Å²) < 4.78 is 27.2. The van der Waals surface area contributed by atoms with Crippen LogP contribution in [-0.2, 0) is 30.3 Å². The van der Waals surface area contributed by atoms with Crippen LogP contribution in [0.3, 0.4) is 0 Å². The van der Waals surface area contributed by atoms with E-state index in [0.29, 0.717) is 5.56 Å². The first-order valence-corrected chi connectivity index (χ1v) is 13.0. The molecular weight excluding hydrogens is 534 g/mol. The smallest absolute Gasteiger partial charge is 0.407 e. The van der Waals surface area contributed by atoms with Gasteiger partial charge in [-0.1, -0.05) is 66.7 Å². The molecule has 0 unspecified atom stereocenters. The Balaban J connectivity index is 1.34. The maximum absolute atomic E-state index is 12.7. The van der Waals surface area contributed by atoms with Crippen molar-refractivity contribution < 1.29 is 48.3 Å². The van der Waals surface area contributed by atoms with Crippen LogP contribution >= 0.6 is 0 Å². The summed E-state index contributed by atoms with van der Waals surface area (Å²) in [5, 5.41) is 24.3. The Kier molecular flexibility index (Phi) is 10.8. The highest BCUT2D eigenvalue weighted by Crippen LogP contribution is 2.26. The van der Waals surface area contributed by atoms with Crippen molar-refractivity contribution in [2.24, 2.45) is 0 Å². The van der Waals surface area contributed by atoms with Gasteiger partial charge in [-0.3, -0.25) is 0 Å². The van der Waals surface area contributed by atoms with Crippen LogP contribution in [0.15, 0.2) is 91.0 Å². The van der Waals surface area contributed by atoms with Crippen molar-refractivity contribution in [3.05, 3.63) is 108 Å². The van der Waals surface area contributed by atoms with Gasteiger partial charge in [-0.25, -0.2) is 14.4 Å². The molecule has 3 N–H and O–H groups in total. The molecule has 11 nitrogen and oxygen atoms in total. The van der Waals surface area contributed by atoms with Crippen molar-refractivity contribution in [3.63, 3.8) is 0 Å². The van der Waals surface area contributed by atoms with Crippen LogP contribution in [0, 0.1) is 0 Å². The standard InChI is InChI=1S/C30H31NO10/c32-24-23(19-38-27(34)21-12-6-2-7-13-21)40-29(25(33)26(24)41-28(35)22-14-8-3-9-15-22)37-17-16-31-30(36)39-18-20-10-4-1-5-11-20/h1-15,23-26,29,32-33H,16-19H2,(H,31,36)/t23-,24-,25+,26+,29-/m1/s1. The first-order valence-electron chi connectivity index (χ1n) is 13.0. The number of ether oxygens (including phenoxy) is 5. The minimum atomic E-state index is -1.59. The summed E-state index contributed by atoms with van der Waals surface area (Å²) in [6.45, 7) is -0.433. The van der Waals surface area contributed by atoms with E-state index >= 15 is 0 Å². The lowest BCUT2D eigenvalue weighted by molar-refractivity contribution is -0.299. The second-order valence-corrected chi connectivity index (χ2v) is 9.08. The van der Waals surface area contributed by atoms with E-state index in [0.717, 1.165) is 5.56 Å². The Morgan fingerprint density at radius 3 is 1.98 bits per heavy atom. The van der Waals surface area contributed by atoms with Crippen LogP contribution in [0.25, 0.3) is 0 Å². The second kappa shape index (κ2) is 14.9. The quantitative estimate of drug-likeness (QED) is 0.180. The number of esters is 2. The second-order valence-electron chi connectivity index (χ2n) is 9.08. The van der Waals surface area contributed by atoms with Crippen LogP contribution in [-0.4, -0.2) is 78.7 Å². The first kappa shape index (κ1) is 29.7. The average molecular weight is 566 g/mol. The van der Waals surface area contributed by atoms with Crippen molar-refractivity contribution in [1.82, 2.24) is 5.32 Å². The number of aliphatic hydroxyl groups is 2. The van der Waals surface area contributed by atoms with Crippen molar-refractivity contribution in [1.29, 1.82) is 0 Å². The van der Waals surface area contributed by atoms with Crippen LogP contribution in [0.4, 0.5) is 4.79 Å². The normalized spacial score (nSPS) is 21.9. The SMILES string of the molecule is O=C(NCCO[C@@H]1O[C@H](COC(=O)c2ccccc2)[C@@H](O)[C@H](OC(=O)c2ccccc2)[C@@H]1O)OCc1ccccc1. The molecule has 1 fully saturated rings. The van der Waals surface area contributed by atoms with Crippen LogP contribution in [0.2, 0.25) is 0 Å². The third-order valence-electron chi connectivity index (χ3n) is 6.15. The molecule has 3 aromatic rings. The van der Waals surface area contributed by atoms with Crippen LogP contribution in [0.5, 0.6) is 0 Å². The summed E-state index contributed by atoms with van der Waals surface area (Å²) in [5.41, 5.74) is 1.33. The minimum Gasteiger partial charge on any atom is -0.459 e. The largest absolute Gasteiger partial charge is 0.459 e. The predicted molar refractivity (Wildman–Crippen MR) is 144 cm³/mol. The molecule has 1 amide bonds. The lowest BCUT2D eigenvalue weighted by Crippen LogP contribution is -2.61. The summed E-state index contributed by atoms with van der Waals surface area (Å²) in [7, 11) is 0. The molecule has 1 heterocycles. The lowest BCUT2D eigenvalue weighted by atomic mass is 9.98. The number of alkyl carbamates (subject to hydrolysis) is 1. The van der Waals surface area contributed by atoms with E-state index in [-0.39, 0.29) is 25.3 Å². The van der Waals surface area contributed by atoms with Gasteiger partial charge in [0.1, 0.15) is 31.5 Å². The molecule has 4 rings (SSSR count). The van der Waals surface area contributed by atoms with Gasteiger partial charge in [-0.2, -0.15) is 0 Å². The minimum absolute atomic E-state index is 0.00485. The molecule has 3 aromatic carbocycles. The summed E-state index contributed by atoms with van der Waals surface area (Å²) in [6, 6.07) is 25.4. The van der Waals surface area contributed by atoms with Crippen molar-refractivity contribution in [3.8, 4) is 0 Å². The molecular formula is C30H31NO10. The number of hydrogen-bond donors (Lipinski definition) is 3. The van der Waals surface area contributed by atoms with E-state index in [4.69, 9.17) is 23.7 Å². The maximum Gasteiger partial charge on any atom is 0.407 e. The monoisotopic (exact) mass is 565 g/mol. The maximum atomic E-state index is 12.7. The van der Waals surface area contributed by atoms with Gasteiger partial charge in [0.2, 0.25) is 0 Å². The van der Waals surface area contributed by atoms with E-state index in [1.165, 1.54) is 12.1 Å². The van der Waals surface area contributed by atoms with Gasteiger partial charge in [0.25, 0.3) is 0 Å². The number of nitrogens with one attached hydrogen (secondary N) is 1. The summed E-state index contributed by atoms with van der Waals surface area (Å²) in [4.78, 5) is 37.1. The number of rotatable bonds is 11. The zero-order valence-electron chi connectivity index (χ0n) is 22.0. The summed E-state index contributed by atoms with van der Waals surface area (Å²) in [5.74, 6) is -1.43. The first-order chi connectivity index (χ1) is 19.9. The molecule has 1 aliphatic heterocycles. The van der Waals surface area contributed by atoms with E-state index in [9.17, 15) is 24.6 Å².